The number of piperazine rings is 1. The maximum atomic E-state index is 3.64. The molecule has 3 atom stereocenters. The van der Waals surface area contributed by atoms with Gasteiger partial charge in [-0.1, -0.05) is 37.3 Å². The SMILES string of the molecule is CCC(C)N1CC(C)NCC1(C)c1ccccc1. The standard InChI is InChI=1S/C16H26N2/c1-5-14(3)18-11-13(2)17-12-16(18,4)15-9-7-6-8-10-15/h6-10,13-14,17H,5,11-12H2,1-4H3. The van der Waals surface area contributed by atoms with Crippen LogP contribution in [0.15, 0.2) is 30.3 Å². The molecule has 1 aliphatic heterocycles. The van der Waals surface area contributed by atoms with Gasteiger partial charge in [0.15, 0.2) is 0 Å². The Morgan fingerprint density at radius 2 is 2.06 bits per heavy atom. The van der Waals surface area contributed by atoms with E-state index in [9.17, 15) is 0 Å². The fourth-order valence-electron chi connectivity index (χ4n) is 2.99. The smallest absolute Gasteiger partial charge is 0.0560 e. The monoisotopic (exact) mass is 246 g/mol. The van der Waals surface area contributed by atoms with Crippen molar-refractivity contribution >= 4 is 0 Å². The zero-order valence-corrected chi connectivity index (χ0v) is 12.1. The van der Waals surface area contributed by atoms with Crippen LogP contribution in [0.5, 0.6) is 0 Å². The number of nitrogens with zero attached hydrogens (tertiary/aromatic N) is 1. The molecule has 0 bridgehead atoms. The molecule has 0 aromatic heterocycles. The molecule has 2 heteroatoms. The van der Waals surface area contributed by atoms with Crippen LogP contribution in [-0.2, 0) is 5.54 Å². The van der Waals surface area contributed by atoms with Gasteiger partial charge in [0.05, 0.1) is 5.54 Å². The highest BCUT2D eigenvalue weighted by atomic mass is 15.3. The van der Waals surface area contributed by atoms with Crippen LogP contribution >= 0.6 is 0 Å². The van der Waals surface area contributed by atoms with E-state index in [1.165, 1.54) is 12.0 Å². The zero-order valence-electron chi connectivity index (χ0n) is 12.1. The maximum Gasteiger partial charge on any atom is 0.0560 e. The predicted molar refractivity (Wildman–Crippen MR) is 77.7 cm³/mol. The van der Waals surface area contributed by atoms with Gasteiger partial charge in [-0.15, -0.1) is 0 Å². The second kappa shape index (κ2) is 5.41. The van der Waals surface area contributed by atoms with E-state index >= 15 is 0 Å². The van der Waals surface area contributed by atoms with Crippen molar-refractivity contribution in [2.45, 2.75) is 51.7 Å². The van der Waals surface area contributed by atoms with Crippen molar-refractivity contribution in [2.24, 2.45) is 0 Å². The highest BCUT2D eigenvalue weighted by Gasteiger charge is 2.39. The van der Waals surface area contributed by atoms with E-state index in [1.807, 2.05) is 0 Å². The normalized spacial score (nSPS) is 31.2. The summed E-state index contributed by atoms with van der Waals surface area (Å²) in [6.07, 6.45) is 1.20. The van der Waals surface area contributed by atoms with Gasteiger partial charge in [0.2, 0.25) is 0 Å². The maximum absolute atomic E-state index is 3.64. The second-order valence-corrected chi connectivity index (χ2v) is 5.83. The van der Waals surface area contributed by atoms with Gasteiger partial charge in [-0.05, 0) is 32.8 Å². The Balaban J connectivity index is 2.33. The Labute approximate surface area is 111 Å². The Bertz CT molecular complexity index is 376. The first-order valence-electron chi connectivity index (χ1n) is 7.13. The second-order valence-electron chi connectivity index (χ2n) is 5.83. The van der Waals surface area contributed by atoms with Crippen LogP contribution in [-0.4, -0.2) is 30.1 Å². The third-order valence-corrected chi connectivity index (χ3v) is 4.42. The first-order chi connectivity index (χ1) is 8.58. The van der Waals surface area contributed by atoms with Gasteiger partial charge in [-0.3, -0.25) is 4.90 Å². The van der Waals surface area contributed by atoms with Gasteiger partial charge < -0.3 is 5.32 Å². The molecule has 0 saturated carbocycles. The van der Waals surface area contributed by atoms with Crippen LogP contribution in [0.25, 0.3) is 0 Å². The van der Waals surface area contributed by atoms with E-state index in [0.29, 0.717) is 12.1 Å². The van der Waals surface area contributed by atoms with Gasteiger partial charge in [0, 0.05) is 25.2 Å². The molecule has 0 aliphatic carbocycles. The van der Waals surface area contributed by atoms with Crippen LogP contribution in [0.4, 0.5) is 0 Å². The first-order valence-corrected chi connectivity index (χ1v) is 7.13. The summed E-state index contributed by atoms with van der Waals surface area (Å²) in [4.78, 5) is 2.67. The number of hydrogen-bond acceptors (Lipinski definition) is 2. The number of benzene rings is 1. The van der Waals surface area contributed by atoms with Crippen molar-refractivity contribution in [3.05, 3.63) is 35.9 Å². The Morgan fingerprint density at radius 3 is 2.67 bits per heavy atom. The Kier molecular flexibility index (Phi) is 4.08. The molecule has 1 heterocycles. The van der Waals surface area contributed by atoms with Crippen molar-refractivity contribution in [3.63, 3.8) is 0 Å². The molecular formula is C16H26N2. The fourth-order valence-corrected chi connectivity index (χ4v) is 2.99. The molecule has 0 spiro atoms. The van der Waals surface area contributed by atoms with Gasteiger partial charge in [-0.2, -0.15) is 0 Å². The van der Waals surface area contributed by atoms with Crippen LogP contribution in [0.3, 0.4) is 0 Å². The summed E-state index contributed by atoms with van der Waals surface area (Å²) < 4.78 is 0. The first kappa shape index (κ1) is 13.6. The van der Waals surface area contributed by atoms with Gasteiger partial charge in [-0.25, -0.2) is 0 Å². The lowest BCUT2D eigenvalue weighted by Gasteiger charge is -2.50. The number of hydrogen-bond donors (Lipinski definition) is 1. The molecule has 2 nitrogen and oxygen atoms in total. The Hall–Kier alpha value is -0.860. The largest absolute Gasteiger partial charge is 0.311 e. The number of nitrogens with one attached hydrogen (secondary N) is 1. The van der Waals surface area contributed by atoms with Crippen molar-refractivity contribution < 1.29 is 0 Å². The minimum absolute atomic E-state index is 0.114. The predicted octanol–water partition coefficient (Wildman–Crippen LogP) is 2.99. The fraction of sp³-hybridized carbons (Fsp3) is 0.625. The van der Waals surface area contributed by atoms with Crippen molar-refractivity contribution in [1.82, 2.24) is 10.2 Å². The minimum Gasteiger partial charge on any atom is -0.311 e. The molecule has 1 aliphatic rings. The summed E-state index contributed by atoms with van der Waals surface area (Å²) in [7, 11) is 0. The minimum atomic E-state index is 0.114. The van der Waals surface area contributed by atoms with Gasteiger partial charge in [0.1, 0.15) is 0 Å². The molecule has 1 aromatic carbocycles. The third-order valence-electron chi connectivity index (χ3n) is 4.42. The topological polar surface area (TPSA) is 15.3 Å². The molecule has 1 fully saturated rings. The molecular weight excluding hydrogens is 220 g/mol. The van der Waals surface area contributed by atoms with Crippen LogP contribution < -0.4 is 5.32 Å². The summed E-state index contributed by atoms with van der Waals surface area (Å²) in [5, 5.41) is 3.64. The van der Waals surface area contributed by atoms with E-state index in [0.717, 1.165) is 13.1 Å². The lowest BCUT2D eigenvalue weighted by Crippen LogP contribution is -2.62. The van der Waals surface area contributed by atoms with Crippen LogP contribution in [0.2, 0.25) is 0 Å². The van der Waals surface area contributed by atoms with Crippen molar-refractivity contribution in [1.29, 1.82) is 0 Å². The summed E-state index contributed by atoms with van der Waals surface area (Å²) in [6.45, 7) is 11.4. The summed E-state index contributed by atoms with van der Waals surface area (Å²) in [6, 6.07) is 12.1. The molecule has 1 aromatic rings. The quantitative estimate of drug-likeness (QED) is 0.882. The zero-order chi connectivity index (χ0) is 13.2. The van der Waals surface area contributed by atoms with E-state index < -0.39 is 0 Å². The van der Waals surface area contributed by atoms with E-state index in [2.05, 4.69) is 68.2 Å². The average Bonchev–Trinajstić information content (AvgIpc) is 2.42. The molecule has 18 heavy (non-hydrogen) atoms. The summed E-state index contributed by atoms with van der Waals surface area (Å²) >= 11 is 0. The van der Waals surface area contributed by atoms with E-state index in [4.69, 9.17) is 0 Å². The Morgan fingerprint density at radius 1 is 1.39 bits per heavy atom. The summed E-state index contributed by atoms with van der Waals surface area (Å²) in [5.41, 5.74) is 1.54. The van der Waals surface area contributed by atoms with Crippen LogP contribution in [0, 0.1) is 0 Å². The van der Waals surface area contributed by atoms with Crippen molar-refractivity contribution in [3.8, 4) is 0 Å². The van der Waals surface area contributed by atoms with Crippen LogP contribution in [0.1, 0.15) is 39.7 Å². The summed E-state index contributed by atoms with van der Waals surface area (Å²) in [5.74, 6) is 0. The highest BCUT2D eigenvalue weighted by Crippen LogP contribution is 2.32. The van der Waals surface area contributed by atoms with E-state index in [-0.39, 0.29) is 5.54 Å². The molecule has 0 amide bonds. The molecule has 1 saturated heterocycles. The molecule has 2 rings (SSSR count). The lowest BCUT2D eigenvalue weighted by atomic mass is 9.85. The lowest BCUT2D eigenvalue weighted by molar-refractivity contribution is 0.0177. The highest BCUT2D eigenvalue weighted by molar-refractivity contribution is 5.25. The van der Waals surface area contributed by atoms with Crippen molar-refractivity contribution in [2.75, 3.05) is 13.1 Å². The molecule has 100 valence electrons. The molecule has 0 radical (unpaired) electrons. The third kappa shape index (κ3) is 2.45. The molecule has 1 N–H and O–H groups in total. The average molecular weight is 246 g/mol. The van der Waals surface area contributed by atoms with Gasteiger partial charge in [0.25, 0.3) is 0 Å². The van der Waals surface area contributed by atoms with E-state index in [1.54, 1.807) is 0 Å². The number of rotatable bonds is 3. The van der Waals surface area contributed by atoms with Gasteiger partial charge >= 0.3 is 0 Å². The molecule has 3 unspecified atom stereocenters.